The molecule has 1 aliphatic carbocycles. The fraction of sp³-hybridized carbons (Fsp3) is 0.375. The lowest BCUT2D eigenvalue weighted by molar-refractivity contribution is 0.0998. The van der Waals surface area contributed by atoms with Crippen molar-refractivity contribution in [1.82, 2.24) is 19.5 Å². The Labute approximate surface area is 180 Å². The molecular weight excluding hydrogens is 390 g/mol. The van der Waals surface area contributed by atoms with Crippen LogP contribution in [0.5, 0.6) is 5.75 Å². The van der Waals surface area contributed by atoms with Crippen LogP contribution in [-0.4, -0.2) is 32.0 Å². The first-order chi connectivity index (χ1) is 15.2. The number of nitrogens with one attached hydrogen (secondary N) is 1. The summed E-state index contributed by atoms with van der Waals surface area (Å²) in [6.45, 7) is 2.53. The number of aromatic nitrogens is 4. The Kier molecular flexibility index (Phi) is 5.10. The lowest BCUT2D eigenvalue weighted by Gasteiger charge is -2.23. The van der Waals surface area contributed by atoms with E-state index in [4.69, 9.17) is 15.5 Å². The lowest BCUT2D eigenvalue weighted by atomic mass is 9.95. The zero-order valence-corrected chi connectivity index (χ0v) is 17.7. The molecule has 4 aromatic rings. The van der Waals surface area contributed by atoms with Crippen molar-refractivity contribution in [2.75, 3.05) is 6.61 Å². The highest BCUT2D eigenvalue weighted by atomic mass is 16.5. The van der Waals surface area contributed by atoms with Crippen LogP contribution in [-0.2, 0) is 0 Å². The summed E-state index contributed by atoms with van der Waals surface area (Å²) in [4.78, 5) is 24.4. The standard InChI is InChI=1S/C24H27N5O2/c1-2-10-31-20-12-17(22-23(27-13-26-22)21(20)24(25)30)15-8-9-19-18(11-15)28-14-29(19)16-6-4-3-5-7-16/h8-9,11-14,16H,2-7,10H2,1H3,(H2,25,30)(H,26,27). The van der Waals surface area contributed by atoms with Crippen LogP contribution in [0.3, 0.4) is 0 Å². The number of fused-ring (bicyclic) bond motifs is 2. The number of hydrogen-bond donors (Lipinski definition) is 2. The Balaban J connectivity index is 1.62. The van der Waals surface area contributed by atoms with Crippen molar-refractivity contribution < 1.29 is 9.53 Å². The number of primary amides is 1. The molecule has 0 radical (unpaired) electrons. The second-order valence-electron chi connectivity index (χ2n) is 8.28. The molecular formula is C24H27N5O2. The molecule has 0 saturated heterocycles. The minimum atomic E-state index is -0.534. The summed E-state index contributed by atoms with van der Waals surface area (Å²) in [5.74, 6) is -0.0532. The Morgan fingerprint density at radius 2 is 2.06 bits per heavy atom. The van der Waals surface area contributed by atoms with Gasteiger partial charge >= 0.3 is 0 Å². The molecule has 1 saturated carbocycles. The molecule has 7 nitrogen and oxygen atoms in total. The first-order valence-electron chi connectivity index (χ1n) is 11.1. The van der Waals surface area contributed by atoms with Crippen molar-refractivity contribution in [3.8, 4) is 16.9 Å². The molecule has 160 valence electrons. The summed E-state index contributed by atoms with van der Waals surface area (Å²) >= 11 is 0. The van der Waals surface area contributed by atoms with E-state index < -0.39 is 5.91 Å². The van der Waals surface area contributed by atoms with E-state index >= 15 is 0 Å². The van der Waals surface area contributed by atoms with Crippen LogP contribution in [0, 0.1) is 0 Å². The van der Waals surface area contributed by atoms with Crippen molar-refractivity contribution >= 4 is 28.0 Å². The Morgan fingerprint density at radius 3 is 2.84 bits per heavy atom. The highest BCUT2D eigenvalue weighted by molar-refractivity contribution is 6.10. The molecule has 0 spiro atoms. The largest absolute Gasteiger partial charge is 0.493 e. The van der Waals surface area contributed by atoms with Crippen molar-refractivity contribution in [2.24, 2.45) is 5.73 Å². The van der Waals surface area contributed by atoms with Crippen LogP contribution in [0.15, 0.2) is 36.9 Å². The normalized spacial score (nSPS) is 15.0. The zero-order valence-electron chi connectivity index (χ0n) is 17.7. The van der Waals surface area contributed by atoms with Gasteiger partial charge in [0.05, 0.1) is 41.3 Å². The number of H-pyrrole nitrogens is 1. The van der Waals surface area contributed by atoms with Crippen molar-refractivity contribution in [3.63, 3.8) is 0 Å². The van der Waals surface area contributed by atoms with Gasteiger partial charge in [-0.2, -0.15) is 0 Å². The number of hydrogen-bond acceptors (Lipinski definition) is 4. The van der Waals surface area contributed by atoms with Gasteiger partial charge in [0.25, 0.3) is 5.91 Å². The quantitative estimate of drug-likeness (QED) is 0.462. The van der Waals surface area contributed by atoms with Gasteiger partial charge in [-0.15, -0.1) is 0 Å². The molecule has 2 heterocycles. The van der Waals surface area contributed by atoms with Crippen molar-refractivity contribution in [3.05, 3.63) is 42.5 Å². The predicted octanol–water partition coefficient (Wildman–Crippen LogP) is 4.97. The third-order valence-electron chi connectivity index (χ3n) is 6.23. The molecule has 31 heavy (non-hydrogen) atoms. The number of amides is 1. The second kappa shape index (κ2) is 8.06. The van der Waals surface area contributed by atoms with Gasteiger partial charge in [0.2, 0.25) is 0 Å². The summed E-state index contributed by atoms with van der Waals surface area (Å²) in [5, 5.41) is 0. The predicted molar refractivity (Wildman–Crippen MR) is 121 cm³/mol. The van der Waals surface area contributed by atoms with E-state index in [0.717, 1.165) is 28.6 Å². The van der Waals surface area contributed by atoms with Crippen LogP contribution >= 0.6 is 0 Å². The van der Waals surface area contributed by atoms with Gasteiger partial charge in [-0.1, -0.05) is 32.3 Å². The fourth-order valence-corrected chi connectivity index (χ4v) is 4.72. The molecule has 7 heteroatoms. The van der Waals surface area contributed by atoms with E-state index in [-0.39, 0.29) is 0 Å². The summed E-state index contributed by atoms with van der Waals surface area (Å²) < 4.78 is 8.22. The average molecular weight is 418 g/mol. The minimum Gasteiger partial charge on any atom is -0.493 e. The highest BCUT2D eigenvalue weighted by Gasteiger charge is 2.22. The summed E-state index contributed by atoms with van der Waals surface area (Å²) in [5.41, 5.74) is 11.3. The Hall–Kier alpha value is -3.35. The molecule has 3 N–H and O–H groups in total. The molecule has 2 aromatic carbocycles. The number of rotatable bonds is 6. The topological polar surface area (TPSA) is 98.8 Å². The molecule has 5 rings (SSSR count). The van der Waals surface area contributed by atoms with Gasteiger partial charge in [-0.3, -0.25) is 4.79 Å². The van der Waals surface area contributed by atoms with Gasteiger partial charge in [0.15, 0.2) is 0 Å². The molecule has 0 bridgehead atoms. The molecule has 1 amide bonds. The number of carbonyl (C=O) groups is 1. The molecule has 0 atom stereocenters. The second-order valence-corrected chi connectivity index (χ2v) is 8.28. The number of benzene rings is 2. The van der Waals surface area contributed by atoms with Crippen LogP contribution in [0.4, 0.5) is 0 Å². The molecule has 2 aromatic heterocycles. The third kappa shape index (κ3) is 3.44. The maximum absolute atomic E-state index is 12.2. The Morgan fingerprint density at radius 1 is 1.23 bits per heavy atom. The molecule has 1 aliphatic rings. The summed E-state index contributed by atoms with van der Waals surface area (Å²) in [7, 11) is 0. The van der Waals surface area contributed by atoms with E-state index in [1.807, 2.05) is 19.3 Å². The number of carbonyl (C=O) groups excluding carboxylic acids is 1. The third-order valence-corrected chi connectivity index (χ3v) is 6.23. The maximum atomic E-state index is 12.2. The smallest absolute Gasteiger partial charge is 0.254 e. The number of aromatic amines is 1. The van der Waals surface area contributed by atoms with Crippen LogP contribution in [0.25, 0.3) is 33.2 Å². The minimum absolute atomic E-state index is 0.340. The van der Waals surface area contributed by atoms with Gasteiger partial charge in [0.1, 0.15) is 11.3 Å². The van der Waals surface area contributed by atoms with Gasteiger partial charge in [-0.25, -0.2) is 9.97 Å². The van der Waals surface area contributed by atoms with E-state index in [1.165, 1.54) is 32.1 Å². The zero-order chi connectivity index (χ0) is 21.4. The molecule has 0 aliphatic heterocycles. The number of nitrogens with zero attached hydrogens (tertiary/aromatic N) is 3. The van der Waals surface area contributed by atoms with Gasteiger partial charge < -0.3 is 20.0 Å². The van der Waals surface area contributed by atoms with Gasteiger partial charge in [-0.05, 0) is 43.0 Å². The monoisotopic (exact) mass is 417 g/mol. The maximum Gasteiger partial charge on any atom is 0.254 e. The fourth-order valence-electron chi connectivity index (χ4n) is 4.72. The summed E-state index contributed by atoms with van der Waals surface area (Å²) in [6, 6.07) is 8.73. The first-order valence-corrected chi connectivity index (χ1v) is 11.1. The summed E-state index contributed by atoms with van der Waals surface area (Å²) in [6.07, 6.45) is 10.7. The molecule has 0 unspecified atom stereocenters. The number of ether oxygens (including phenoxy) is 1. The van der Waals surface area contributed by atoms with Crippen LogP contribution in [0.1, 0.15) is 61.8 Å². The number of nitrogens with two attached hydrogens (primary N) is 1. The van der Waals surface area contributed by atoms with Crippen LogP contribution < -0.4 is 10.5 Å². The highest BCUT2D eigenvalue weighted by Crippen LogP contribution is 2.37. The average Bonchev–Trinajstić information content (AvgIpc) is 3.44. The van der Waals surface area contributed by atoms with E-state index in [1.54, 1.807) is 6.33 Å². The lowest BCUT2D eigenvalue weighted by Crippen LogP contribution is -2.14. The SMILES string of the molecule is CCCOc1cc(-c2ccc3c(c2)ncn3C2CCCCC2)c2nc[nH]c2c1C(N)=O. The molecule has 1 fully saturated rings. The van der Waals surface area contributed by atoms with Crippen LogP contribution in [0.2, 0.25) is 0 Å². The Bertz CT molecular complexity index is 1250. The van der Waals surface area contributed by atoms with E-state index in [2.05, 4.69) is 32.7 Å². The van der Waals surface area contributed by atoms with E-state index in [0.29, 0.717) is 35.0 Å². The number of imidazole rings is 2. The van der Waals surface area contributed by atoms with Crippen molar-refractivity contribution in [1.29, 1.82) is 0 Å². The van der Waals surface area contributed by atoms with Crippen molar-refractivity contribution in [2.45, 2.75) is 51.5 Å². The van der Waals surface area contributed by atoms with E-state index in [9.17, 15) is 4.79 Å². The first kappa shape index (κ1) is 19.6. The van der Waals surface area contributed by atoms with Gasteiger partial charge in [0, 0.05) is 11.6 Å².